The van der Waals surface area contributed by atoms with Crippen LogP contribution in [0.3, 0.4) is 0 Å². The molecule has 0 atom stereocenters. The maximum atomic E-state index is 5.78. The minimum atomic E-state index is 0. The molecule has 1 N–H and O–H groups in total. The summed E-state index contributed by atoms with van der Waals surface area (Å²) >= 11 is 7.56. The van der Waals surface area contributed by atoms with Crippen LogP contribution in [0.15, 0.2) is 40.8 Å². The first kappa shape index (κ1) is 21.0. The Hall–Kier alpha value is -1.06. The van der Waals surface area contributed by atoms with Gasteiger partial charge in [0.1, 0.15) is 6.61 Å². The van der Waals surface area contributed by atoms with Crippen molar-refractivity contribution in [2.45, 2.75) is 6.42 Å². The van der Waals surface area contributed by atoms with Gasteiger partial charge in [-0.15, -0.1) is 35.3 Å². The molecule has 0 spiro atoms. The lowest BCUT2D eigenvalue weighted by molar-refractivity contribution is 0.307. The number of likely N-dealkylation sites (N-methyl/N-ethyl adjacent to an activating group) is 1. The Bertz CT molecular complexity index is 607. The zero-order valence-electron chi connectivity index (χ0n) is 13.7. The van der Waals surface area contributed by atoms with E-state index in [0.29, 0.717) is 24.1 Å². The lowest BCUT2D eigenvalue weighted by atomic mass is 10.3. The number of nitrogens with one attached hydrogen (secondary N) is 1. The van der Waals surface area contributed by atoms with Crippen molar-refractivity contribution in [1.29, 1.82) is 0 Å². The lowest BCUT2D eigenvalue weighted by Gasteiger charge is -2.21. The van der Waals surface area contributed by atoms with Gasteiger partial charge in [0, 0.05) is 37.8 Å². The Labute approximate surface area is 169 Å². The van der Waals surface area contributed by atoms with Crippen LogP contribution < -0.4 is 10.1 Å². The van der Waals surface area contributed by atoms with Crippen molar-refractivity contribution in [3.63, 3.8) is 0 Å². The molecule has 8 heteroatoms. The van der Waals surface area contributed by atoms with Crippen LogP contribution in [0.4, 0.5) is 0 Å². The van der Waals surface area contributed by atoms with Gasteiger partial charge in [-0.05, 0) is 23.9 Å². The molecule has 2 aromatic rings. The highest BCUT2D eigenvalue weighted by Crippen LogP contribution is 2.11. The fourth-order valence-corrected chi connectivity index (χ4v) is 2.80. The van der Waals surface area contributed by atoms with E-state index in [1.807, 2.05) is 7.05 Å². The highest BCUT2D eigenvalue weighted by Gasteiger charge is 2.06. The molecule has 5 nitrogen and oxygen atoms in total. The Morgan fingerprint density at radius 1 is 1.42 bits per heavy atom. The van der Waals surface area contributed by atoms with Crippen LogP contribution >= 0.6 is 46.9 Å². The van der Waals surface area contributed by atoms with Gasteiger partial charge in [0.05, 0.1) is 11.6 Å². The van der Waals surface area contributed by atoms with Crippen molar-refractivity contribution in [3.05, 3.63) is 45.7 Å². The zero-order chi connectivity index (χ0) is 16.5. The quantitative estimate of drug-likeness (QED) is 0.285. The molecule has 0 aliphatic heterocycles. The molecular formula is C16H22ClIN4OS. The van der Waals surface area contributed by atoms with Crippen molar-refractivity contribution in [1.82, 2.24) is 15.2 Å². The fourth-order valence-electron chi connectivity index (χ4n) is 1.99. The van der Waals surface area contributed by atoms with Crippen molar-refractivity contribution >= 4 is 52.9 Å². The second-order valence-corrected chi connectivity index (χ2v) is 6.36. The van der Waals surface area contributed by atoms with E-state index in [2.05, 4.69) is 37.7 Å². The van der Waals surface area contributed by atoms with E-state index in [9.17, 15) is 0 Å². The van der Waals surface area contributed by atoms with E-state index >= 15 is 0 Å². The Morgan fingerprint density at radius 2 is 2.25 bits per heavy atom. The number of hydrogen-bond acceptors (Lipinski definition) is 4. The Kier molecular flexibility index (Phi) is 10.0. The van der Waals surface area contributed by atoms with Gasteiger partial charge in [0.2, 0.25) is 5.88 Å². The molecule has 0 aliphatic rings. The summed E-state index contributed by atoms with van der Waals surface area (Å²) in [6, 6.07) is 7.75. The standard InChI is InChI=1S/C16H21ClN4OS.HI/c1-18-16(21(2)9-7-14-4-3-11-23-14)19-8-10-22-15-6-5-13(17)12-20-15;/h3-6,11-12H,7-10H2,1-2H3,(H,18,19);1H. The van der Waals surface area contributed by atoms with Crippen molar-refractivity contribution < 1.29 is 4.74 Å². The maximum absolute atomic E-state index is 5.78. The molecule has 2 heterocycles. The van der Waals surface area contributed by atoms with E-state index in [1.54, 1.807) is 36.7 Å². The zero-order valence-corrected chi connectivity index (χ0v) is 17.6. The summed E-state index contributed by atoms with van der Waals surface area (Å²) in [6.07, 6.45) is 2.58. The number of thiophene rings is 1. The third kappa shape index (κ3) is 7.23. The first-order chi connectivity index (χ1) is 11.2. The molecule has 0 amide bonds. The van der Waals surface area contributed by atoms with Gasteiger partial charge in [0.15, 0.2) is 5.96 Å². The molecule has 0 aromatic carbocycles. The number of guanidine groups is 1. The normalized spacial score (nSPS) is 10.9. The van der Waals surface area contributed by atoms with Crippen molar-refractivity contribution in [2.75, 3.05) is 33.8 Å². The van der Waals surface area contributed by atoms with Crippen molar-refractivity contribution in [3.8, 4) is 5.88 Å². The SMILES string of the molecule is CN=C(NCCOc1ccc(Cl)cn1)N(C)CCc1cccs1.I. The summed E-state index contributed by atoms with van der Waals surface area (Å²) in [5.74, 6) is 1.42. The third-order valence-corrected chi connectivity index (χ3v) is 4.34. The summed E-state index contributed by atoms with van der Waals surface area (Å²) < 4.78 is 5.55. The average Bonchev–Trinajstić information content (AvgIpc) is 3.08. The molecule has 132 valence electrons. The second kappa shape index (κ2) is 11.5. The van der Waals surface area contributed by atoms with Crippen LogP contribution in [0.5, 0.6) is 5.88 Å². The van der Waals surface area contributed by atoms with Crippen molar-refractivity contribution in [2.24, 2.45) is 4.99 Å². The Balaban J connectivity index is 0.00000288. The van der Waals surface area contributed by atoms with E-state index in [-0.39, 0.29) is 24.0 Å². The van der Waals surface area contributed by atoms with Crippen LogP contribution in [0, 0.1) is 0 Å². The molecule has 0 aliphatic carbocycles. The molecule has 0 saturated heterocycles. The summed E-state index contributed by atoms with van der Waals surface area (Å²) in [5.41, 5.74) is 0. The van der Waals surface area contributed by atoms with Gasteiger partial charge in [-0.25, -0.2) is 4.98 Å². The lowest BCUT2D eigenvalue weighted by Crippen LogP contribution is -2.41. The maximum Gasteiger partial charge on any atom is 0.213 e. The highest BCUT2D eigenvalue weighted by atomic mass is 127. The summed E-state index contributed by atoms with van der Waals surface area (Å²) in [5, 5.41) is 5.98. The van der Waals surface area contributed by atoms with Gasteiger partial charge < -0.3 is 15.0 Å². The smallest absolute Gasteiger partial charge is 0.213 e. The monoisotopic (exact) mass is 480 g/mol. The van der Waals surface area contributed by atoms with E-state index in [1.165, 1.54) is 4.88 Å². The Morgan fingerprint density at radius 3 is 2.88 bits per heavy atom. The number of ether oxygens (including phenoxy) is 1. The summed E-state index contributed by atoms with van der Waals surface area (Å²) in [7, 11) is 3.82. The van der Waals surface area contributed by atoms with Gasteiger partial charge in [-0.1, -0.05) is 17.7 Å². The predicted octanol–water partition coefficient (Wildman–Crippen LogP) is 3.54. The molecule has 0 saturated carbocycles. The van der Waals surface area contributed by atoms with E-state index in [0.717, 1.165) is 18.9 Å². The van der Waals surface area contributed by atoms with E-state index < -0.39 is 0 Å². The van der Waals surface area contributed by atoms with Crippen LogP contribution in [0.2, 0.25) is 5.02 Å². The average molecular weight is 481 g/mol. The number of aliphatic imine (C=N–C) groups is 1. The van der Waals surface area contributed by atoms with E-state index in [4.69, 9.17) is 16.3 Å². The number of hydrogen-bond donors (Lipinski definition) is 1. The topological polar surface area (TPSA) is 49.8 Å². The highest BCUT2D eigenvalue weighted by molar-refractivity contribution is 14.0. The molecule has 2 aromatic heterocycles. The first-order valence-corrected chi connectivity index (χ1v) is 8.63. The van der Waals surface area contributed by atoms with Gasteiger partial charge >= 0.3 is 0 Å². The predicted molar refractivity (Wildman–Crippen MR) is 112 cm³/mol. The van der Waals surface area contributed by atoms with Crippen LogP contribution in [-0.4, -0.2) is 49.6 Å². The molecular weight excluding hydrogens is 459 g/mol. The van der Waals surface area contributed by atoms with Crippen LogP contribution in [0.25, 0.3) is 0 Å². The molecule has 0 fully saturated rings. The minimum Gasteiger partial charge on any atom is -0.476 e. The molecule has 24 heavy (non-hydrogen) atoms. The molecule has 0 radical (unpaired) electrons. The van der Waals surface area contributed by atoms with Gasteiger partial charge in [-0.3, -0.25) is 4.99 Å². The molecule has 0 bridgehead atoms. The molecule has 2 rings (SSSR count). The summed E-state index contributed by atoms with van der Waals surface area (Å²) in [6.45, 7) is 2.08. The van der Waals surface area contributed by atoms with Crippen LogP contribution in [-0.2, 0) is 6.42 Å². The second-order valence-electron chi connectivity index (χ2n) is 4.89. The first-order valence-electron chi connectivity index (χ1n) is 7.37. The largest absolute Gasteiger partial charge is 0.476 e. The minimum absolute atomic E-state index is 0. The van der Waals surface area contributed by atoms with Gasteiger partial charge in [0.25, 0.3) is 0 Å². The number of halogens is 2. The number of pyridine rings is 1. The van der Waals surface area contributed by atoms with Crippen LogP contribution in [0.1, 0.15) is 4.88 Å². The number of rotatable bonds is 7. The fraction of sp³-hybridized carbons (Fsp3) is 0.375. The third-order valence-electron chi connectivity index (χ3n) is 3.18. The summed E-state index contributed by atoms with van der Waals surface area (Å²) in [4.78, 5) is 11.9. The molecule has 0 unspecified atom stereocenters. The van der Waals surface area contributed by atoms with Gasteiger partial charge in [-0.2, -0.15) is 0 Å². The number of aromatic nitrogens is 1. The number of nitrogens with zero attached hydrogens (tertiary/aromatic N) is 3.